The highest BCUT2D eigenvalue weighted by Crippen LogP contribution is 2.28. The molecule has 0 aliphatic carbocycles. The smallest absolute Gasteiger partial charge is 0.287 e. The van der Waals surface area contributed by atoms with Gasteiger partial charge in [0.25, 0.3) is 11.8 Å². The van der Waals surface area contributed by atoms with E-state index in [0.717, 1.165) is 17.5 Å². The van der Waals surface area contributed by atoms with Gasteiger partial charge in [0.05, 0.1) is 16.2 Å². The van der Waals surface area contributed by atoms with Crippen LogP contribution in [0.5, 0.6) is 0 Å². The summed E-state index contributed by atoms with van der Waals surface area (Å²) >= 11 is 6.29. The number of anilines is 1. The Morgan fingerprint density at radius 3 is 2.67 bits per heavy atom. The number of fused-ring (bicyclic) bond motifs is 1. The van der Waals surface area contributed by atoms with E-state index in [0.29, 0.717) is 22.8 Å². The van der Waals surface area contributed by atoms with Gasteiger partial charge in [0, 0.05) is 12.7 Å². The third-order valence-corrected chi connectivity index (χ3v) is 4.47. The zero-order valence-electron chi connectivity index (χ0n) is 15.5. The largest absolute Gasteiger partial charge is 0.349 e. The van der Waals surface area contributed by atoms with Crippen LogP contribution in [0.25, 0.3) is 5.52 Å². The Morgan fingerprint density at radius 1 is 1.19 bits per heavy atom. The van der Waals surface area contributed by atoms with Gasteiger partial charge < -0.3 is 10.6 Å². The third-order valence-electron chi connectivity index (χ3n) is 4.17. The normalized spacial score (nSPS) is 10.8. The standard InChI is InChI=1S/C20H21ClN4O2/c1-4-8-22-20(27)18-23-17(15-7-5-6-9-25(15)18)19(26)24-16-13(3)10-12(2)11-14(16)21/h5-7,9-11H,4,8H2,1-3H3,(H,22,27)(H,24,26). The van der Waals surface area contributed by atoms with Gasteiger partial charge in [-0.2, -0.15) is 0 Å². The van der Waals surface area contributed by atoms with Crippen molar-refractivity contribution < 1.29 is 9.59 Å². The summed E-state index contributed by atoms with van der Waals surface area (Å²) in [6.45, 7) is 6.33. The topological polar surface area (TPSA) is 75.5 Å². The second-order valence-corrected chi connectivity index (χ2v) is 6.80. The van der Waals surface area contributed by atoms with E-state index in [1.54, 1.807) is 34.9 Å². The molecule has 3 rings (SSSR count). The summed E-state index contributed by atoms with van der Waals surface area (Å²) < 4.78 is 1.61. The van der Waals surface area contributed by atoms with Crippen LogP contribution < -0.4 is 10.6 Å². The first-order chi connectivity index (χ1) is 12.9. The van der Waals surface area contributed by atoms with E-state index < -0.39 is 5.91 Å². The number of hydrogen-bond acceptors (Lipinski definition) is 3. The molecule has 2 amide bonds. The van der Waals surface area contributed by atoms with E-state index in [4.69, 9.17) is 11.6 Å². The summed E-state index contributed by atoms with van der Waals surface area (Å²) in [7, 11) is 0. The molecule has 0 saturated carbocycles. The lowest BCUT2D eigenvalue weighted by Gasteiger charge is -2.10. The Kier molecular flexibility index (Phi) is 5.46. The number of benzene rings is 1. The van der Waals surface area contributed by atoms with Crippen LogP contribution in [0.15, 0.2) is 36.5 Å². The zero-order valence-corrected chi connectivity index (χ0v) is 16.2. The minimum absolute atomic E-state index is 0.174. The van der Waals surface area contributed by atoms with Gasteiger partial charge >= 0.3 is 0 Å². The van der Waals surface area contributed by atoms with Crippen molar-refractivity contribution in [1.82, 2.24) is 14.7 Å². The van der Waals surface area contributed by atoms with Gasteiger partial charge in [0.15, 0.2) is 5.69 Å². The first-order valence-electron chi connectivity index (χ1n) is 8.75. The molecule has 3 aromatic rings. The van der Waals surface area contributed by atoms with Gasteiger partial charge in [-0.15, -0.1) is 0 Å². The second-order valence-electron chi connectivity index (χ2n) is 6.39. The van der Waals surface area contributed by atoms with Crippen molar-refractivity contribution in [2.75, 3.05) is 11.9 Å². The minimum Gasteiger partial charge on any atom is -0.349 e. The van der Waals surface area contributed by atoms with Crippen molar-refractivity contribution in [1.29, 1.82) is 0 Å². The summed E-state index contributed by atoms with van der Waals surface area (Å²) in [4.78, 5) is 29.6. The van der Waals surface area contributed by atoms with Crippen molar-refractivity contribution in [2.24, 2.45) is 0 Å². The fraction of sp³-hybridized carbons (Fsp3) is 0.250. The lowest BCUT2D eigenvalue weighted by molar-refractivity contribution is 0.0942. The lowest BCUT2D eigenvalue weighted by Crippen LogP contribution is -2.26. The average Bonchev–Trinajstić information content (AvgIpc) is 3.02. The molecule has 0 unspecified atom stereocenters. The van der Waals surface area contributed by atoms with Crippen molar-refractivity contribution in [2.45, 2.75) is 27.2 Å². The maximum atomic E-state index is 12.9. The Labute approximate surface area is 162 Å². The van der Waals surface area contributed by atoms with E-state index in [1.807, 2.05) is 26.8 Å². The van der Waals surface area contributed by atoms with E-state index >= 15 is 0 Å². The summed E-state index contributed by atoms with van der Waals surface area (Å²) in [6.07, 6.45) is 2.53. The third kappa shape index (κ3) is 3.80. The van der Waals surface area contributed by atoms with E-state index in [2.05, 4.69) is 15.6 Å². The molecule has 140 valence electrons. The molecule has 2 heterocycles. The number of nitrogens with zero attached hydrogens (tertiary/aromatic N) is 2. The van der Waals surface area contributed by atoms with Gasteiger partial charge in [-0.1, -0.05) is 30.7 Å². The van der Waals surface area contributed by atoms with Gasteiger partial charge in [0.1, 0.15) is 0 Å². The Balaban J connectivity index is 1.99. The van der Waals surface area contributed by atoms with Crippen LogP contribution in [-0.2, 0) is 0 Å². The molecule has 0 spiro atoms. The van der Waals surface area contributed by atoms with E-state index in [9.17, 15) is 9.59 Å². The monoisotopic (exact) mass is 384 g/mol. The zero-order chi connectivity index (χ0) is 19.6. The maximum Gasteiger partial charge on any atom is 0.287 e. The number of pyridine rings is 1. The van der Waals surface area contributed by atoms with Crippen LogP contribution in [0.1, 0.15) is 45.6 Å². The van der Waals surface area contributed by atoms with Gasteiger partial charge in [0.2, 0.25) is 5.82 Å². The van der Waals surface area contributed by atoms with Crippen molar-refractivity contribution >= 4 is 34.6 Å². The lowest BCUT2D eigenvalue weighted by atomic mass is 10.1. The van der Waals surface area contributed by atoms with Gasteiger partial charge in [-0.05, 0) is 49.6 Å². The maximum absolute atomic E-state index is 12.9. The number of imidazole rings is 1. The Morgan fingerprint density at radius 2 is 1.96 bits per heavy atom. The quantitative estimate of drug-likeness (QED) is 0.698. The molecule has 2 aromatic heterocycles. The summed E-state index contributed by atoms with van der Waals surface area (Å²) in [6, 6.07) is 9.07. The van der Waals surface area contributed by atoms with Crippen LogP contribution in [0.3, 0.4) is 0 Å². The number of carbonyl (C=O) groups excluding carboxylic acids is 2. The molecule has 0 bridgehead atoms. The van der Waals surface area contributed by atoms with Crippen molar-refractivity contribution in [3.8, 4) is 0 Å². The number of aryl methyl sites for hydroxylation is 2. The molecule has 0 radical (unpaired) electrons. The Hall–Kier alpha value is -2.86. The van der Waals surface area contributed by atoms with Gasteiger partial charge in [-0.25, -0.2) is 4.98 Å². The average molecular weight is 385 g/mol. The highest BCUT2D eigenvalue weighted by atomic mass is 35.5. The minimum atomic E-state index is -0.415. The number of nitrogens with one attached hydrogen (secondary N) is 2. The van der Waals surface area contributed by atoms with Crippen LogP contribution in [0, 0.1) is 13.8 Å². The molecule has 0 atom stereocenters. The number of amides is 2. The molecular formula is C20H21ClN4O2. The number of halogens is 1. The molecule has 0 aliphatic rings. The number of rotatable bonds is 5. The number of carbonyl (C=O) groups is 2. The Bertz CT molecular complexity index is 1000. The van der Waals surface area contributed by atoms with Crippen LogP contribution >= 0.6 is 11.6 Å². The summed E-state index contributed by atoms with van der Waals surface area (Å²) in [5, 5.41) is 6.09. The van der Waals surface area contributed by atoms with Crippen LogP contribution in [0.4, 0.5) is 5.69 Å². The second kappa shape index (κ2) is 7.80. The van der Waals surface area contributed by atoms with Crippen molar-refractivity contribution in [3.05, 3.63) is 64.2 Å². The molecule has 1 aromatic carbocycles. The molecule has 0 saturated heterocycles. The highest BCUT2D eigenvalue weighted by Gasteiger charge is 2.22. The SMILES string of the molecule is CCCNC(=O)c1nc(C(=O)Nc2c(C)cc(C)cc2Cl)c2ccccn12. The molecular weight excluding hydrogens is 364 g/mol. The molecule has 2 N–H and O–H groups in total. The van der Waals surface area contributed by atoms with Crippen LogP contribution in [-0.4, -0.2) is 27.7 Å². The molecule has 6 nitrogen and oxygen atoms in total. The van der Waals surface area contributed by atoms with Crippen LogP contribution in [0.2, 0.25) is 5.02 Å². The molecule has 7 heteroatoms. The summed E-state index contributed by atoms with van der Waals surface area (Å²) in [5.41, 5.74) is 3.14. The highest BCUT2D eigenvalue weighted by molar-refractivity contribution is 6.34. The van der Waals surface area contributed by atoms with E-state index in [1.165, 1.54) is 0 Å². The number of aromatic nitrogens is 2. The molecule has 27 heavy (non-hydrogen) atoms. The molecule has 0 aliphatic heterocycles. The predicted molar refractivity (Wildman–Crippen MR) is 107 cm³/mol. The number of hydrogen-bond donors (Lipinski definition) is 2. The van der Waals surface area contributed by atoms with Crippen molar-refractivity contribution in [3.63, 3.8) is 0 Å². The predicted octanol–water partition coefficient (Wildman–Crippen LogP) is 4.00. The fourth-order valence-corrected chi connectivity index (χ4v) is 3.30. The first-order valence-corrected chi connectivity index (χ1v) is 9.13. The van der Waals surface area contributed by atoms with E-state index in [-0.39, 0.29) is 17.4 Å². The molecule has 0 fully saturated rings. The fourth-order valence-electron chi connectivity index (χ4n) is 2.93. The summed E-state index contributed by atoms with van der Waals surface area (Å²) in [5.74, 6) is -0.556. The first kappa shape index (κ1) is 18.9. The van der Waals surface area contributed by atoms with Gasteiger partial charge in [-0.3, -0.25) is 14.0 Å².